The summed E-state index contributed by atoms with van der Waals surface area (Å²) >= 11 is 3.27. The number of aryl methyl sites for hydroxylation is 1. The highest BCUT2D eigenvalue weighted by atomic mass is 32.2. The van der Waals surface area contributed by atoms with E-state index >= 15 is 0 Å². The Morgan fingerprint density at radius 1 is 1.10 bits per heavy atom. The molecule has 40 heavy (non-hydrogen) atoms. The van der Waals surface area contributed by atoms with E-state index in [9.17, 15) is 9.59 Å². The molecule has 1 saturated heterocycles. The molecule has 7 nitrogen and oxygen atoms in total. The van der Waals surface area contributed by atoms with Crippen molar-refractivity contribution in [2.24, 2.45) is 5.92 Å². The van der Waals surface area contributed by atoms with E-state index in [0.29, 0.717) is 43.4 Å². The smallest absolute Gasteiger partial charge is 0.257 e. The first-order valence-corrected chi connectivity index (χ1v) is 15.2. The van der Waals surface area contributed by atoms with Gasteiger partial charge in [-0.1, -0.05) is 61.2 Å². The Hall–Kier alpha value is -3.04. The Morgan fingerprint density at radius 3 is 2.35 bits per heavy atom. The number of hydrogen-bond acceptors (Lipinski definition) is 7. The summed E-state index contributed by atoms with van der Waals surface area (Å²) in [5, 5.41) is 0.964. The van der Waals surface area contributed by atoms with Gasteiger partial charge in [0.15, 0.2) is 5.13 Å². The third kappa shape index (κ3) is 6.99. The van der Waals surface area contributed by atoms with Crippen molar-refractivity contribution in [3.8, 4) is 5.75 Å². The van der Waals surface area contributed by atoms with E-state index < -0.39 is 0 Å². The van der Waals surface area contributed by atoms with Crippen LogP contribution in [-0.2, 0) is 11.3 Å². The second-order valence-electron chi connectivity index (χ2n) is 10.5. The first-order chi connectivity index (χ1) is 19.1. The van der Waals surface area contributed by atoms with Gasteiger partial charge in [0.2, 0.25) is 5.91 Å². The van der Waals surface area contributed by atoms with Gasteiger partial charge in [-0.15, -0.1) is 0 Å². The molecule has 0 bridgehead atoms. The molecule has 1 fully saturated rings. The topological polar surface area (TPSA) is 66.0 Å². The van der Waals surface area contributed by atoms with Crippen LogP contribution in [0.3, 0.4) is 0 Å². The average molecular weight is 579 g/mol. The maximum atomic E-state index is 13.5. The zero-order chi connectivity index (χ0) is 29.0. The van der Waals surface area contributed by atoms with Crippen LogP contribution in [0.25, 0.3) is 0 Å². The molecule has 0 spiro atoms. The number of piperazine rings is 1. The minimum atomic E-state index is -0.0765. The standard InChI is InChI=1S/C31H38N4O3S2/c1-20(2)23(5)35(19-25-10-8-21(3)9-11-25)31-32-18-29(40-31)39-28-17-26(27(38-7)16-22(28)4)30(37)34-14-12-33(13-15-34)24(6)36/h3,8-11,16-18,20,23H,12-15,19H2,1-2,4-7H3. The molecule has 0 N–H and O–H groups in total. The molecule has 1 unspecified atom stereocenters. The second-order valence-corrected chi connectivity index (χ2v) is 12.9. The molecule has 9 heteroatoms. The Kier molecular flexibility index (Phi) is 9.79. The molecule has 1 aromatic heterocycles. The predicted octanol–water partition coefficient (Wildman–Crippen LogP) is 6.03. The molecule has 0 aliphatic carbocycles. The van der Waals surface area contributed by atoms with Crippen molar-refractivity contribution in [2.75, 3.05) is 38.2 Å². The lowest BCUT2D eigenvalue weighted by Crippen LogP contribution is -2.50. The Bertz CT molecular complexity index is 1330. The van der Waals surface area contributed by atoms with E-state index in [1.165, 1.54) is 5.56 Å². The lowest BCUT2D eigenvalue weighted by molar-refractivity contribution is -0.130. The number of thiazole rings is 1. The van der Waals surface area contributed by atoms with E-state index in [0.717, 1.165) is 31.9 Å². The fraction of sp³-hybridized carbons (Fsp3) is 0.419. The zero-order valence-corrected chi connectivity index (χ0v) is 25.8. The van der Waals surface area contributed by atoms with Crippen molar-refractivity contribution >= 4 is 40.0 Å². The zero-order valence-electron chi connectivity index (χ0n) is 24.1. The molecule has 1 aliphatic rings. The van der Waals surface area contributed by atoms with Crippen molar-refractivity contribution in [3.63, 3.8) is 0 Å². The number of methoxy groups -OCH3 is 1. The van der Waals surface area contributed by atoms with Crippen LogP contribution in [0.1, 0.15) is 54.7 Å². The van der Waals surface area contributed by atoms with Crippen LogP contribution in [0.4, 0.5) is 5.13 Å². The van der Waals surface area contributed by atoms with Crippen LogP contribution in [-0.4, -0.2) is 65.9 Å². The van der Waals surface area contributed by atoms with Gasteiger partial charge < -0.3 is 19.4 Å². The third-order valence-corrected chi connectivity index (χ3v) is 9.75. The van der Waals surface area contributed by atoms with Gasteiger partial charge in [-0.05, 0) is 55.5 Å². The Balaban J connectivity index is 1.56. The van der Waals surface area contributed by atoms with Crippen LogP contribution in [0.15, 0.2) is 51.7 Å². The highest BCUT2D eigenvalue weighted by molar-refractivity contribution is 8.01. The first kappa shape index (κ1) is 29.9. The minimum absolute atomic E-state index is 0.0393. The Morgan fingerprint density at radius 2 is 1.75 bits per heavy atom. The van der Waals surface area contributed by atoms with Gasteiger partial charge in [-0.25, -0.2) is 4.98 Å². The van der Waals surface area contributed by atoms with Crippen molar-refractivity contribution in [3.05, 3.63) is 71.8 Å². The normalized spacial score (nSPS) is 14.4. The van der Waals surface area contributed by atoms with Crippen molar-refractivity contribution in [2.45, 2.75) is 56.3 Å². The molecule has 3 aromatic rings. The maximum absolute atomic E-state index is 13.5. The van der Waals surface area contributed by atoms with E-state index in [4.69, 9.17) is 16.6 Å². The summed E-state index contributed by atoms with van der Waals surface area (Å²) in [5.74, 6) is 0.972. The molecule has 2 aromatic carbocycles. The SMILES string of the molecule is [CH]c1ccc(CN(c2ncc(Sc3cc(C(=O)N4CCN(C(C)=O)CC4)c(OC)cc3C)s2)C(C)C(C)C)cc1. The summed E-state index contributed by atoms with van der Waals surface area (Å²) in [6, 6.07) is 12.2. The average Bonchev–Trinajstić information content (AvgIpc) is 3.41. The van der Waals surface area contributed by atoms with Crippen LogP contribution < -0.4 is 9.64 Å². The van der Waals surface area contributed by atoms with Crippen molar-refractivity contribution < 1.29 is 14.3 Å². The van der Waals surface area contributed by atoms with E-state index in [1.807, 2.05) is 37.4 Å². The van der Waals surface area contributed by atoms with Gasteiger partial charge in [0.25, 0.3) is 5.91 Å². The Labute approximate surface area is 246 Å². The molecule has 2 radical (unpaired) electrons. The molecule has 4 rings (SSSR count). The fourth-order valence-electron chi connectivity index (χ4n) is 4.61. The molecule has 1 aliphatic heterocycles. The number of anilines is 1. The van der Waals surface area contributed by atoms with Gasteiger partial charge in [-0.3, -0.25) is 9.59 Å². The van der Waals surface area contributed by atoms with E-state index in [1.54, 1.807) is 46.9 Å². The van der Waals surface area contributed by atoms with Gasteiger partial charge in [0, 0.05) is 50.6 Å². The highest BCUT2D eigenvalue weighted by Crippen LogP contribution is 2.40. The number of hydrogen-bond donors (Lipinski definition) is 0. The van der Waals surface area contributed by atoms with E-state index in [-0.39, 0.29) is 17.9 Å². The fourth-order valence-corrected chi connectivity index (χ4v) is 6.72. The summed E-state index contributed by atoms with van der Waals surface area (Å²) < 4.78 is 6.66. The van der Waals surface area contributed by atoms with Gasteiger partial charge in [0.1, 0.15) is 5.75 Å². The summed E-state index contributed by atoms with van der Waals surface area (Å²) in [4.78, 5) is 36.9. The summed E-state index contributed by atoms with van der Waals surface area (Å²) in [5.41, 5.74) is 3.51. The highest BCUT2D eigenvalue weighted by Gasteiger charge is 2.27. The largest absolute Gasteiger partial charge is 0.496 e. The number of nitrogens with zero attached hydrogens (tertiary/aromatic N) is 4. The molecule has 2 amide bonds. The quantitative estimate of drug-likeness (QED) is 0.309. The predicted molar refractivity (Wildman–Crippen MR) is 162 cm³/mol. The van der Waals surface area contributed by atoms with E-state index in [2.05, 4.69) is 37.8 Å². The molecular formula is C31H38N4O3S2. The van der Waals surface area contributed by atoms with Gasteiger partial charge in [0.05, 0.1) is 23.1 Å². The maximum Gasteiger partial charge on any atom is 0.257 e. The molecule has 2 heterocycles. The molecular weight excluding hydrogens is 541 g/mol. The van der Waals surface area contributed by atoms with Crippen LogP contribution in [0.2, 0.25) is 0 Å². The summed E-state index contributed by atoms with van der Waals surface area (Å²) in [6.45, 7) is 19.0. The van der Waals surface area contributed by atoms with Crippen LogP contribution in [0, 0.1) is 19.8 Å². The summed E-state index contributed by atoms with van der Waals surface area (Å²) in [7, 11) is 1.59. The number of benzene rings is 2. The molecule has 212 valence electrons. The first-order valence-electron chi connectivity index (χ1n) is 13.6. The van der Waals surface area contributed by atoms with Crippen LogP contribution in [0.5, 0.6) is 5.75 Å². The number of amides is 2. The molecule has 1 atom stereocenters. The summed E-state index contributed by atoms with van der Waals surface area (Å²) in [6.07, 6.45) is 1.92. The van der Waals surface area contributed by atoms with Crippen molar-refractivity contribution in [1.82, 2.24) is 14.8 Å². The number of carbonyl (C=O) groups excluding carboxylic acids is 2. The lowest BCUT2D eigenvalue weighted by Gasteiger charge is -2.34. The third-order valence-electron chi connectivity index (χ3n) is 7.46. The minimum Gasteiger partial charge on any atom is -0.496 e. The van der Waals surface area contributed by atoms with Crippen LogP contribution >= 0.6 is 23.1 Å². The van der Waals surface area contributed by atoms with Gasteiger partial charge in [-0.2, -0.15) is 0 Å². The second kappa shape index (κ2) is 13.1. The number of carbonyl (C=O) groups is 2. The van der Waals surface area contributed by atoms with Gasteiger partial charge >= 0.3 is 0 Å². The molecule has 0 saturated carbocycles. The monoisotopic (exact) mass is 578 g/mol. The number of aromatic nitrogens is 1. The number of rotatable bonds is 9. The lowest BCUT2D eigenvalue weighted by atomic mass is 10.0. The van der Waals surface area contributed by atoms with Crippen molar-refractivity contribution in [1.29, 1.82) is 0 Å². The number of ether oxygens (including phenoxy) is 1.